The Morgan fingerprint density at radius 2 is 1.85 bits per heavy atom. The van der Waals surface area contributed by atoms with Crippen LogP contribution in [0.5, 0.6) is 11.5 Å². The Morgan fingerprint density at radius 1 is 1.15 bits per heavy atom. The highest BCUT2D eigenvalue weighted by molar-refractivity contribution is 6.34. The van der Waals surface area contributed by atoms with Gasteiger partial charge in [0, 0.05) is 11.6 Å². The molecule has 0 bridgehead atoms. The van der Waals surface area contributed by atoms with Crippen LogP contribution in [-0.2, 0) is 4.74 Å². The molecule has 0 saturated carbocycles. The number of halogens is 1. The highest BCUT2D eigenvalue weighted by atomic mass is 35.5. The van der Waals surface area contributed by atoms with Crippen molar-refractivity contribution in [2.24, 2.45) is 0 Å². The molecule has 0 spiro atoms. The molecule has 0 atom stereocenters. The van der Waals surface area contributed by atoms with E-state index in [0.29, 0.717) is 0 Å². The molecule has 0 heterocycles. The van der Waals surface area contributed by atoms with Gasteiger partial charge in [-0.05, 0) is 19.1 Å². The number of nitro benzene ring substituents is 1. The molecule has 2 rings (SSSR count). The van der Waals surface area contributed by atoms with E-state index in [9.17, 15) is 19.7 Å². The first kappa shape index (κ1) is 20.2. The van der Waals surface area contributed by atoms with E-state index >= 15 is 0 Å². The number of nitrogens with zero attached hydrogens (tertiary/aromatic N) is 1. The number of hydrogen-bond donors (Lipinski definition) is 0. The SMILES string of the molecule is CCOc1cc([N+](=O)[O-])c(C(=O)OCC(=O)c2ccccc2Cl)cc1OC. The lowest BCUT2D eigenvalue weighted by Gasteiger charge is -2.11. The van der Waals surface area contributed by atoms with E-state index in [1.54, 1.807) is 19.1 Å². The van der Waals surface area contributed by atoms with Crippen LogP contribution in [0, 0.1) is 10.1 Å². The molecule has 0 saturated heterocycles. The first-order valence-corrected chi connectivity index (χ1v) is 8.20. The second-order valence-corrected chi connectivity index (χ2v) is 5.60. The van der Waals surface area contributed by atoms with Gasteiger partial charge in [0.1, 0.15) is 5.56 Å². The number of benzene rings is 2. The summed E-state index contributed by atoms with van der Waals surface area (Å²) in [5.74, 6) is -1.32. The maximum atomic E-state index is 12.3. The van der Waals surface area contributed by atoms with Crippen LogP contribution in [0.1, 0.15) is 27.6 Å². The monoisotopic (exact) mass is 393 g/mol. The fraction of sp³-hybridized carbons (Fsp3) is 0.222. The summed E-state index contributed by atoms with van der Waals surface area (Å²) in [4.78, 5) is 35.0. The van der Waals surface area contributed by atoms with E-state index in [4.69, 9.17) is 25.8 Å². The number of methoxy groups -OCH3 is 1. The van der Waals surface area contributed by atoms with Gasteiger partial charge in [-0.15, -0.1) is 0 Å². The summed E-state index contributed by atoms with van der Waals surface area (Å²) in [6, 6.07) is 8.50. The largest absolute Gasteiger partial charge is 0.493 e. The molecular formula is C18H16ClNO7. The van der Waals surface area contributed by atoms with E-state index in [-0.39, 0.29) is 34.3 Å². The second kappa shape index (κ2) is 9.00. The number of carbonyl (C=O) groups is 2. The van der Waals surface area contributed by atoms with Gasteiger partial charge in [-0.25, -0.2) is 4.79 Å². The molecule has 9 heteroatoms. The third kappa shape index (κ3) is 4.73. The molecule has 0 aromatic heterocycles. The minimum absolute atomic E-state index is 0.121. The number of hydrogen-bond acceptors (Lipinski definition) is 7. The van der Waals surface area contributed by atoms with Crippen molar-refractivity contribution in [2.75, 3.05) is 20.3 Å². The number of carbonyl (C=O) groups excluding carboxylic acids is 2. The molecule has 0 fully saturated rings. The summed E-state index contributed by atoms with van der Waals surface area (Å²) in [7, 11) is 1.33. The molecule has 0 aliphatic heterocycles. The molecular weight excluding hydrogens is 378 g/mol. The average molecular weight is 394 g/mol. The third-order valence-corrected chi connectivity index (χ3v) is 3.84. The van der Waals surface area contributed by atoms with Crippen LogP contribution < -0.4 is 9.47 Å². The lowest BCUT2D eigenvalue weighted by molar-refractivity contribution is -0.385. The molecule has 0 amide bonds. The summed E-state index contributed by atoms with van der Waals surface area (Å²) in [6.45, 7) is 1.34. The number of nitro groups is 1. The topological polar surface area (TPSA) is 105 Å². The molecule has 8 nitrogen and oxygen atoms in total. The minimum atomic E-state index is -1.04. The smallest absolute Gasteiger partial charge is 0.345 e. The zero-order valence-corrected chi connectivity index (χ0v) is 15.3. The van der Waals surface area contributed by atoms with Gasteiger partial charge in [0.05, 0.1) is 29.7 Å². The Bertz CT molecular complexity index is 882. The van der Waals surface area contributed by atoms with Gasteiger partial charge in [-0.1, -0.05) is 23.7 Å². The highest BCUT2D eigenvalue weighted by Gasteiger charge is 2.26. The second-order valence-electron chi connectivity index (χ2n) is 5.19. The van der Waals surface area contributed by atoms with Crippen molar-refractivity contribution in [3.05, 3.63) is 62.7 Å². The van der Waals surface area contributed by atoms with Crippen LogP contribution in [0.25, 0.3) is 0 Å². The van der Waals surface area contributed by atoms with E-state index in [1.807, 2.05) is 0 Å². The Kier molecular flexibility index (Phi) is 6.73. The molecule has 0 N–H and O–H groups in total. The number of ether oxygens (including phenoxy) is 3. The van der Waals surface area contributed by atoms with Crippen LogP contribution in [0.2, 0.25) is 5.02 Å². The van der Waals surface area contributed by atoms with Crippen molar-refractivity contribution in [1.29, 1.82) is 0 Å². The van der Waals surface area contributed by atoms with Crippen molar-refractivity contribution in [1.82, 2.24) is 0 Å². The lowest BCUT2D eigenvalue weighted by atomic mass is 10.1. The Morgan fingerprint density at radius 3 is 2.44 bits per heavy atom. The number of ketones is 1. The number of esters is 1. The molecule has 2 aromatic carbocycles. The fourth-order valence-corrected chi connectivity index (χ4v) is 2.51. The van der Waals surface area contributed by atoms with Crippen molar-refractivity contribution >= 4 is 29.0 Å². The van der Waals surface area contributed by atoms with E-state index < -0.39 is 29.0 Å². The van der Waals surface area contributed by atoms with Crippen molar-refractivity contribution in [3.63, 3.8) is 0 Å². The molecule has 0 aliphatic rings. The maximum absolute atomic E-state index is 12.3. The first-order chi connectivity index (χ1) is 12.9. The highest BCUT2D eigenvalue weighted by Crippen LogP contribution is 2.35. The summed E-state index contributed by atoms with van der Waals surface area (Å²) in [5.41, 5.74) is -0.688. The average Bonchev–Trinajstić information content (AvgIpc) is 2.66. The van der Waals surface area contributed by atoms with Gasteiger partial charge in [0.2, 0.25) is 5.78 Å². The van der Waals surface area contributed by atoms with E-state index in [1.165, 1.54) is 19.2 Å². The van der Waals surface area contributed by atoms with Crippen LogP contribution in [0.3, 0.4) is 0 Å². The van der Waals surface area contributed by atoms with Crippen molar-refractivity contribution in [2.45, 2.75) is 6.92 Å². The van der Waals surface area contributed by atoms with E-state index in [2.05, 4.69) is 0 Å². The summed E-state index contributed by atoms with van der Waals surface area (Å²) < 4.78 is 15.3. The van der Waals surface area contributed by atoms with Gasteiger partial charge < -0.3 is 14.2 Å². The Hall–Kier alpha value is -3.13. The van der Waals surface area contributed by atoms with Crippen LogP contribution >= 0.6 is 11.6 Å². The molecule has 0 radical (unpaired) electrons. The fourth-order valence-electron chi connectivity index (χ4n) is 2.27. The van der Waals surface area contributed by atoms with Gasteiger partial charge in [0.25, 0.3) is 5.69 Å². The number of Topliss-reactive ketones (excluding diaryl/α,β-unsaturated/α-hetero) is 1. The predicted molar refractivity (Wildman–Crippen MR) is 96.9 cm³/mol. The summed E-state index contributed by atoms with van der Waals surface area (Å²) in [6.07, 6.45) is 0. The quantitative estimate of drug-likeness (QED) is 0.291. The first-order valence-electron chi connectivity index (χ1n) is 7.83. The molecule has 2 aromatic rings. The normalized spacial score (nSPS) is 10.2. The minimum Gasteiger partial charge on any atom is -0.493 e. The molecule has 0 aliphatic carbocycles. The third-order valence-electron chi connectivity index (χ3n) is 3.51. The van der Waals surface area contributed by atoms with Gasteiger partial charge >= 0.3 is 5.97 Å². The molecule has 27 heavy (non-hydrogen) atoms. The molecule has 142 valence electrons. The van der Waals surface area contributed by atoms with Crippen molar-refractivity contribution < 1.29 is 28.7 Å². The van der Waals surface area contributed by atoms with Gasteiger partial charge in [-0.2, -0.15) is 0 Å². The zero-order valence-electron chi connectivity index (χ0n) is 14.6. The maximum Gasteiger partial charge on any atom is 0.345 e. The van der Waals surface area contributed by atoms with Gasteiger partial charge in [0.15, 0.2) is 18.1 Å². The predicted octanol–water partition coefficient (Wildman–Crippen LogP) is 3.70. The standard InChI is InChI=1S/C18H16ClNO7/c1-3-26-17-9-14(20(23)24)12(8-16(17)25-2)18(22)27-10-15(21)11-6-4-5-7-13(11)19/h4-9H,3,10H2,1-2H3. The van der Waals surface area contributed by atoms with Crippen molar-refractivity contribution in [3.8, 4) is 11.5 Å². The lowest BCUT2D eigenvalue weighted by Crippen LogP contribution is -2.16. The van der Waals surface area contributed by atoms with Crippen LogP contribution in [0.15, 0.2) is 36.4 Å². The Labute approximate surface area is 159 Å². The Balaban J connectivity index is 2.25. The summed E-state index contributed by atoms with van der Waals surface area (Å²) in [5, 5.41) is 11.5. The van der Waals surface area contributed by atoms with Crippen LogP contribution in [0.4, 0.5) is 5.69 Å². The van der Waals surface area contributed by atoms with Crippen LogP contribution in [-0.4, -0.2) is 37.0 Å². The summed E-state index contributed by atoms with van der Waals surface area (Å²) >= 11 is 5.92. The zero-order chi connectivity index (χ0) is 20.0. The molecule has 0 unspecified atom stereocenters. The number of rotatable bonds is 8. The van der Waals surface area contributed by atoms with E-state index in [0.717, 1.165) is 12.1 Å². The van der Waals surface area contributed by atoms with Gasteiger partial charge in [-0.3, -0.25) is 14.9 Å².